The number of quaternary nitrogens is 1. The van der Waals surface area contributed by atoms with Gasteiger partial charge in [0.2, 0.25) is 5.91 Å². The molecule has 0 spiro atoms. The molecule has 3 unspecified atom stereocenters. The van der Waals surface area contributed by atoms with Gasteiger partial charge in [0, 0.05) is 6.42 Å². The molecule has 0 fully saturated rings. The van der Waals surface area contributed by atoms with Gasteiger partial charge in [0.25, 0.3) is 7.82 Å². The van der Waals surface area contributed by atoms with Gasteiger partial charge in [-0.05, 0) is 57.8 Å². The van der Waals surface area contributed by atoms with Crippen molar-refractivity contribution in [3.05, 3.63) is 36.5 Å². The molecule has 2 N–H and O–H groups in total. The monoisotopic (exact) mass is 895 g/mol. The number of aliphatic hydroxyl groups excluding tert-OH is 1. The molecule has 1 amide bonds. The third-order valence-corrected chi connectivity index (χ3v) is 12.8. The van der Waals surface area contributed by atoms with Crippen molar-refractivity contribution in [3.8, 4) is 0 Å². The number of phosphoric ester groups is 1. The molecule has 0 radical (unpaired) electrons. The summed E-state index contributed by atoms with van der Waals surface area (Å²) in [6, 6.07) is -0.899. The minimum absolute atomic E-state index is 0.00562. The largest absolute Gasteiger partial charge is 0.756 e. The maximum atomic E-state index is 12.9. The fraction of sp³-hybridized carbons (Fsp3) is 0.868. The topological polar surface area (TPSA) is 108 Å². The summed E-state index contributed by atoms with van der Waals surface area (Å²) in [6.07, 6.45) is 56.8. The summed E-state index contributed by atoms with van der Waals surface area (Å²) in [6.45, 7) is 4.58. The van der Waals surface area contributed by atoms with Gasteiger partial charge in [-0.1, -0.05) is 217 Å². The van der Waals surface area contributed by atoms with Crippen LogP contribution in [0.5, 0.6) is 0 Å². The number of unbranched alkanes of at least 4 members (excludes halogenated alkanes) is 31. The first-order valence-electron chi connectivity index (χ1n) is 26.4. The molecule has 3 atom stereocenters. The number of amides is 1. The Labute approximate surface area is 385 Å². The maximum absolute atomic E-state index is 12.9. The Morgan fingerprint density at radius 1 is 0.548 bits per heavy atom. The number of aliphatic hydroxyl groups is 1. The lowest BCUT2D eigenvalue weighted by Crippen LogP contribution is -2.45. The zero-order valence-corrected chi connectivity index (χ0v) is 42.5. The van der Waals surface area contributed by atoms with Gasteiger partial charge in [-0.2, -0.15) is 0 Å². The summed E-state index contributed by atoms with van der Waals surface area (Å²) in [5.74, 6) is -0.207. The van der Waals surface area contributed by atoms with E-state index in [0.717, 1.165) is 38.5 Å². The SMILES string of the molecule is CCCCC/C=C/CC/C=C/C(O)C(COP(=O)([O-])OCC[N+](C)(C)C)NC(=O)CCCCCCCCCCCCCCCCCCCCC/C=C\CCCCCCCCCC. The number of likely N-dealkylation sites (N-methyl/N-ethyl adjacent to an activating group) is 1. The third kappa shape index (κ3) is 46.7. The molecule has 0 aliphatic carbocycles. The van der Waals surface area contributed by atoms with E-state index in [1.165, 1.54) is 186 Å². The van der Waals surface area contributed by atoms with E-state index in [-0.39, 0.29) is 12.5 Å². The van der Waals surface area contributed by atoms with Gasteiger partial charge < -0.3 is 28.8 Å². The second-order valence-corrected chi connectivity index (χ2v) is 20.6. The predicted octanol–water partition coefficient (Wildman–Crippen LogP) is 14.8. The highest BCUT2D eigenvalue weighted by Crippen LogP contribution is 2.38. The van der Waals surface area contributed by atoms with Crippen LogP contribution in [0.3, 0.4) is 0 Å². The van der Waals surface area contributed by atoms with Crippen LogP contribution in [0.1, 0.15) is 245 Å². The fourth-order valence-corrected chi connectivity index (χ4v) is 8.36. The van der Waals surface area contributed by atoms with Crippen LogP contribution < -0.4 is 10.2 Å². The second-order valence-electron chi connectivity index (χ2n) is 19.2. The Morgan fingerprint density at radius 3 is 1.34 bits per heavy atom. The lowest BCUT2D eigenvalue weighted by atomic mass is 10.0. The number of nitrogens with zero attached hydrogens (tertiary/aromatic N) is 1. The molecule has 0 bridgehead atoms. The number of hydrogen-bond acceptors (Lipinski definition) is 6. The van der Waals surface area contributed by atoms with Crippen molar-refractivity contribution in [1.29, 1.82) is 0 Å². The van der Waals surface area contributed by atoms with E-state index in [4.69, 9.17) is 9.05 Å². The standard InChI is InChI=1S/C53H103N2O6P/c1-6-8-10-12-14-16-17-18-19-20-21-22-23-24-25-26-27-28-29-30-31-32-33-34-35-36-37-39-41-43-45-47-53(57)54-51(50-61-62(58,59)60-49-48-55(3,4)5)52(56)46-44-42-40-38-15-13-11-9-7-2/h15,20-21,38,44,46,51-52,56H,6-14,16-19,22-37,39-43,45,47-50H2,1-5H3,(H-,54,57,58,59)/b21-20-,38-15+,46-44+. The molecule has 0 rings (SSSR count). The highest BCUT2D eigenvalue weighted by Gasteiger charge is 2.23. The second kappa shape index (κ2) is 44.9. The Kier molecular flexibility index (Phi) is 44.0. The highest BCUT2D eigenvalue weighted by molar-refractivity contribution is 7.45. The minimum atomic E-state index is -4.59. The number of rotatable bonds is 48. The van der Waals surface area contributed by atoms with E-state index in [0.29, 0.717) is 17.4 Å². The van der Waals surface area contributed by atoms with Gasteiger partial charge in [0.15, 0.2) is 0 Å². The summed E-state index contributed by atoms with van der Waals surface area (Å²) >= 11 is 0. The van der Waals surface area contributed by atoms with Crippen molar-refractivity contribution in [2.45, 2.75) is 257 Å². The number of hydrogen-bond donors (Lipinski definition) is 2. The summed E-state index contributed by atoms with van der Waals surface area (Å²) in [5.41, 5.74) is 0. The van der Waals surface area contributed by atoms with Crippen molar-refractivity contribution in [2.75, 3.05) is 40.9 Å². The normalized spacial score (nSPS) is 14.4. The number of nitrogens with one attached hydrogen (secondary N) is 1. The average Bonchev–Trinajstić information content (AvgIpc) is 3.23. The van der Waals surface area contributed by atoms with Crippen LogP contribution >= 0.6 is 7.82 Å². The minimum Gasteiger partial charge on any atom is -0.756 e. The molecule has 8 nitrogen and oxygen atoms in total. The number of carbonyl (C=O) groups excluding carboxylic acids is 1. The lowest BCUT2D eigenvalue weighted by molar-refractivity contribution is -0.870. The number of carbonyl (C=O) groups is 1. The van der Waals surface area contributed by atoms with Gasteiger partial charge in [-0.3, -0.25) is 9.36 Å². The summed E-state index contributed by atoms with van der Waals surface area (Å²) in [5, 5.41) is 13.7. The van der Waals surface area contributed by atoms with Crippen molar-refractivity contribution >= 4 is 13.7 Å². The fourth-order valence-electron chi connectivity index (χ4n) is 7.63. The van der Waals surface area contributed by atoms with Gasteiger partial charge in [0.1, 0.15) is 13.2 Å². The Morgan fingerprint density at radius 2 is 0.903 bits per heavy atom. The highest BCUT2D eigenvalue weighted by atomic mass is 31.2. The van der Waals surface area contributed by atoms with Gasteiger partial charge >= 0.3 is 0 Å². The maximum Gasteiger partial charge on any atom is 0.268 e. The molecule has 0 aromatic rings. The van der Waals surface area contributed by atoms with E-state index in [2.05, 4.69) is 43.5 Å². The third-order valence-electron chi connectivity index (χ3n) is 11.8. The van der Waals surface area contributed by atoms with E-state index >= 15 is 0 Å². The Balaban J connectivity index is 3.96. The van der Waals surface area contributed by atoms with Crippen LogP contribution in [-0.2, 0) is 18.4 Å². The number of allylic oxidation sites excluding steroid dienone is 5. The predicted molar refractivity (Wildman–Crippen MR) is 265 cm³/mol. The van der Waals surface area contributed by atoms with E-state index in [9.17, 15) is 19.4 Å². The van der Waals surface area contributed by atoms with Crippen molar-refractivity contribution in [3.63, 3.8) is 0 Å². The van der Waals surface area contributed by atoms with Gasteiger partial charge in [-0.25, -0.2) is 0 Å². The first kappa shape index (κ1) is 60.7. The van der Waals surface area contributed by atoms with Crippen molar-refractivity contribution < 1.29 is 32.9 Å². The van der Waals surface area contributed by atoms with E-state index < -0.39 is 26.6 Å². The van der Waals surface area contributed by atoms with Crippen LogP contribution in [0, 0.1) is 0 Å². The van der Waals surface area contributed by atoms with Gasteiger partial charge in [-0.15, -0.1) is 0 Å². The van der Waals surface area contributed by atoms with Crippen LogP contribution in [0.4, 0.5) is 0 Å². The molecule has 0 aliphatic heterocycles. The lowest BCUT2D eigenvalue weighted by Gasteiger charge is -2.29. The molecule has 0 aromatic heterocycles. The van der Waals surface area contributed by atoms with Crippen molar-refractivity contribution in [1.82, 2.24) is 5.32 Å². The Hall–Kier alpha value is -1.28. The molecule has 0 aromatic carbocycles. The van der Waals surface area contributed by atoms with Crippen LogP contribution in [0.25, 0.3) is 0 Å². The van der Waals surface area contributed by atoms with Gasteiger partial charge in [0.05, 0.1) is 39.9 Å². The summed E-state index contributed by atoms with van der Waals surface area (Å²) in [7, 11) is 1.25. The smallest absolute Gasteiger partial charge is 0.268 e. The quantitative estimate of drug-likeness (QED) is 0.0273. The van der Waals surface area contributed by atoms with E-state index in [1.54, 1.807) is 6.08 Å². The zero-order valence-electron chi connectivity index (χ0n) is 41.6. The van der Waals surface area contributed by atoms with Crippen LogP contribution in [0.2, 0.25) is 0 Å². The first-order chi connectivity index (χ1) is 30.0. The first-order valence-corrected chi connectivity index (χ1v) is 27.8. The molecule has 62 heavy (non-hydrogen) atoms. The summed E-state index contributed by atoms with van der Waals surface area (Å²) in [4.78, 5) is 25.3. The Bertz CT molecular complexity index is 1110. The van der Waals surface area contributed by atoms with E-state index in [1.807, 2.05) is 27.2 Å². The average molecular weight is 895 g/mol. The molecular weight excluding hydrogens is 792 g/mol. The van der Waals surface area contributed by atoms with Crippen LogP contribution in [-0.4, -0.2) is 68.5 Å². The molecular formula is C53H103N2O6P. The van der Waals surface area contributed by atoms with Crippen molar-refractivity contribution in [2.24, 2.45) is 0 Å². The number of phosphoric acid groups is 1. The molecule has 366 valence electrons. The molecule has 9 heteroatoms. The van der Waals surface area contributed by atoms with Crippen LogP contribution in [0.15, 0.2) is 36.5 Å². The molecule has 0 saturated heterocycles. The molecule has 0 heterocycles. The molecule has 0 saturated carbocycles. The molecule has 0 aliphatic rings. The zero-order chi connectivity index (χ0) is 45.7. The summed E-state index contributed by atoms with van der Waals surface area (Å²) < 4.78 is 23.2.